The Morgan fingerprint density at radius 2 is 2.00 bits per heavy atom. The molecule has 2 fully saturated rings. The zero-order valence-corrected chi connectivity index (χ0v) is 13.1. The maximum absolute atomic E-state index is 13.1. The number of carbonyl (C=O) groups is 3. The fourth-order valence-electron chi connectivity index (χ4n) is 3.16. The first-order valence-corrected chi connectivity index (χ1v) is 7.96. The molecule has 24 heavy (non-hydrogen) atoms. The molecule has 3 N–H and O–H groups in total. The van der Waals surface area contributed by atoms with Crippen molar-refractivity contribution in [3.8, 4) is 0 Å². The second kappa shape index (κ2) is 6.46. The van der Waals surface area contributed by atoms with Crippen molar-refractivity contribution < 1.29 is 18.8 Å². The number of benzene rings is 1. The van der Waals surface area contributed by atoms with E-state index in [0.717, 1.165) is 24.3 Å². The van der Waals surface area contributed by atoms with Crippen LogP contribution in [0.25, 0.3) is 0 Å². The number of hydrogen-bond acceptors (Lipinski definition) is 4. The van der Waals surface area contributed by atoms with Crippen molar-refractivity contribution >= 4 is 23.5 Å². The number of carbonyl (C=O) groups excluding carboxylic acids is 3. The van der Waals surface area contributed by atoms with Gasteiger partial charge in [0, 0.05) is 5.69 Å². The Balaban J connectivity index is 1.58. The maximum Gasteiger partial charge on any atom is 0.344 e. The normalized spacial score (nSPS) is 19.3. The first-order chi connectivity index (χ1) is 11.5. The number of amides is 4. The average Bonchev–Trinajstić information content (AvgIpc) is 2.78. The lowest BCUT2D eigenvalue weighted by Crippen LogP contribution is -2.51. The van der Waals surface area contributed by atoms with Gasteiger partial charge in [-0.1, -0.05) is 25.3 Å². The fraction of sp³-hybridized carbons (Fsp3) is 0.438. The molecule has 1 saturated carbocycles. The second-order valence-electron chi connectivity index (χ2n) is 6.11. The van der Waals surface area contributed by atoms with Crippen LogP contribution in [0.4, 0.5) is 14.9 Å². The molecule has 1 aromatic carbocycles. The number of hydrogen-bond donors (Lipinski definition) is 3. The highest BCUT2D eigenvalue weighted by atomic mass is 19.1. The zero-order chi connectivity index (χ0) is 17.2. The highest BCUT2D eigenvalue weighted by Gasteiger charge is 2.52. The summed E-state index contributed by atoms with van der Waals surface area (Å²) in [6.07, 6.45) is 3.95. The Hall–Kier alpha value is -2.64. The van der Waals surface area contributed by atoms with Crippen molar-refractivity contribution in [1.29, 1.82) is 0 Å². The Bertz CT molecular complexity index is 673. The fourth-order valence-corrected chi connectivity index (χ4v) is 3.16. The molecule has 0 bridgehead atoms. The van der Waals surface area contributed by atoms with Crippen LogP contribution in [-0.4, -0.2) is 34.9 Å². The molecule has 8 heteroatoms. The molecule has 1 aromatic rings. The number of imide groups is 1. The lowest BCUT2D eigenvalue weighted by Gasteiger charge is -2.30. The molecule has 1 saturated heterocycles. The van der Waals surface area contributed by atoms with E-state index < -0.39 is 29.2 Å². The van der Waals surface area contributed by atoms with E-state index in [1.165, 1.54) is 18.2 Å². The number of hydrazine groups is 1. The predicted molar refractivity (Wildman–Crippen MR) is 84.2 cm³/mol. The molecule has 0 radical (unpaired) electrons. The lowest BCUT2D eigenvalue weighted by atomic mass is 9.82. The summed E-state index contributed by atoms with van der Waals surface area (Å²) in [5.74, 6) is -1.39. The van der Waals surface area contributed by atoms with E-state index in [1.54, 1.807) is 6.07 Å². The molecule has 0 atom stereocenters. The van der Waals surface area contributed by atoms with Crippen LogP contribution >= 0.6 is 0 Å². The molecule has 0 unspecified atom stereocenters. The quantitative estimate of drug-likeness (QED) is 0.728. The van der Waals surface area contributed by atoms with Gasteiger partial charge in [0.1, 0.15) is 11.4 Å². The zero-order valence-electron chi connectivity index (χ0n) is 13.1. The van der Waals surface area contributed by atoms with Crippen LogP contribution in [-0.2, 0) is 9.59 Å². The highest BCUT2D eigenvalue weighted by Crippen LogP contribution is 2.32. The minimum Gasteiger partial charge on any atom is -0.376 e. The highest BCUT2D eigenvalue weighted by molar-refractivity contribution is 6.08. The summed E-state index contributed by atoms with van der Waals surface area (Å²) in [5.41, 5.74) is 1.87. The molecule has 2 aliphatic rings. The Labute approximate surface area is 138 Å². The molecule has 128 valence electrons. The van der Waals surface area contributed by atoms with Crippen LogP contribution in [0.5, 0.6) is 0 Å². The summed E-state index contributed by atoms with van der Waals surface area (Å²) >= 11 is 0. The topological polar surface area (TPSA) is 90.5 Å². The summed E-state index contributed by atoms with van der Waals surface area (Å²) < 4.78 is 13.1. The first-order valence-electron chi connectivity index (χ1n) is 7.96. The van der Waals surface area contributed by atoms with E-state index in [1.807, 2.05) is 0 Å². The number of urea groups is 1. The summed E-state index contributed by atoms with van der Waals surface area (Å²) in [7, 11) is 0. The van der Waals surface area contributed by atoms with Crippen LogP contribution in [0.15, 0.2) is 24.3 Å². The van der Waals surface area contributed by atoms with Crippen LogP contribution in [0.3, 0.4) is 0 Å². The largest absolute Gasteiger partial charge is 0.376 e. The minimum atomic E-state index is -0.876. The van der Waals surface area contributed by atoms with E-state index in [4.69, 9.17) is 0 Å². The number of anilines is 1. The Morgan fingerprint density at radius 3 is 2.71 bits per heavy atom. The number of halogens is 1. The van der Waals surface area contributed by atoms with Gasteiger partial charge in [-0.3, -0.25) is 15.0 Å². The van der Waals surface area contributed by atoms with Gasteiger partial charge in [0.05, 0.1) is 6.54 Å². The third-order valence-electron chi connectivity index (χ3n) is 4.38. The van der Waals surface area contributed by atoms with Crippen LogP contribution in [0.2, 0.25) is 0 Å². The van der Waals surface area contributed by atoms with Crippen LogP contribution in [0.1, 0.15) is 32.1 Å². The summed E-state index contributed by atoms with van der Waals surface area (Å²) in [4.78, 5) is 36.5. The van der Waals surface area contributed by atoms with Crippen LogP contribution in [0, 0.1) is 5.82 Å². The monoisotopic (exact) mass is 334 g/mol. The molecule has 4 amide bonds. The van der Waals surface area contributed by atoms with Gasteiger partial charge in [0.25, 0.3) is 11.8 Å². The average molecular weight is 334 g/mol. The molecular formula is C16H19FN4O3. The van der Waals surface area contributed by atoms with E-state index in [-0.39, 0.29) is 6.54 Å². The van der Waals surface area contributed by atoms with Crippen molar-refractivity contribution in [3.63, 3.8) is 0 Å². The lowest BCUT2D eigenvalue weighted by molar-refractivity contribution is -0.139. The standard InChI is InChI=1S/C16H19FN4O3/c17-11-5-4-6-12(9-11)18-10-13(22)20-21-14(23)16(19-15(21)24)7-2-1-3-8-16/h4-6,9,18H,1-3,7-8,10H2,(H,19,24)(H,20,22). The number of rotatable bonds is 4. The Morgan fingerprint density at radius 1 is 1.25 bits per heavy atom. The molecule has 3 rings (SSSR count). The van der Waals surface area contributed by atoms with Gasteiger partial charge in [-0.05, 0) is 31.0 Å². The Kier molecular flexibility index (Phi) is 4.37. The second-order valence-corrected chi connectivity index (χ2v) is 6.11. The van der Waals surface area contributed by atoms with Gasteiger partial charge >= 0.3 is 6.03 Å². The van der Waals surface area contributed by atoms with E-state index >= 15 is 0 Å². The van der Waals surface area contributed by atoms with E-state index in [0.29, 0.717) is 18.5 Å². The smallest absolute Gasteiger partial charge is 0.344 e. The van der Waals surface area contributed by atoms with Crippen molar-refractivity contribution in [1.82, 2.24) is 15.8 Å². The van der Waals surface area contributed by atoms with Gasteiger partial charge in [-0.25, -0.2) is 9.18 Å². The SMILES string of the molecule is O=C(CNc1cccc(F)c1)NN1C(=O)NC2(CCCCC2)C1=O. The van der Waals surface area contributed by atoms with Crippen molar-refractivity contribution in [2.45, 2.75) is 37.6 Å². The van der Waals surface area contributed by atoms with Gasteiger partial charge in [0.15, 0.2) is 0 Å². The molecule has 1 heterocycles. The molecule has 0 aromatic heterocycles. The third-order valence-corrected chi connectivity index (χ3v) is 4.38. The third kappa shape index (κ3) is 3.17. The van der Waals surface area contributed by atoms with Crippen molar-refractivity contribution in [2.24, 2.45) is 0 Å². The molecule has 1 aliphatic carbocycles. The maximum atomic E-state index is 13.1. The van der Waals surface area contributed by atoms with Crippen molar-refractivity contribution in [2.75, 3.05) is 11.9 Å². The molecular weight excluding hydrogens is 315 g/mol. The predicted octanol–water partition coefficient (Wildman–Crippen LogP) is 1.52. The van der Waals surface area contributed by atoms with Gasteiger partial charge in [-0.2, -0.15) is 5.01 Å². The van der Waals surface area contributed by atoms with Crippen molar-refractivity contribution in [3.05, 3.63) is 30.1 Å². The first kappa shape index (κ1) is 16.2. The summed E-state index contributed by atoms with van der Waals surface area (Å²) in [6, 6.07) is 5.06. The van der Waals surface area contributed by atoms with Gasteiger partial charge in [-0.15, -0.1) is 0 Å². The summed E-state index contributed by atoms with van der Waals surface area (Å²) in [6.45, 7) is -0.187. The van der Waals surface area contributed by atoms with Gasteiger partial charge in [0.2, 0.25) is 0 Å². The minimum absolute atomic E-state index is 0.187. The summed E-state index contributed by atoms with van der Waals surface area (Å²) in [5, 5.41) is 6.20. The molecule has 1 aliphatic heterocycles. The molecule has 1 spiro atoms. The van der Waals surface area contributed by atoms with Crippen LogP contribution < -0.4 is 16.1 Å². The van der Waals surface area contributed by atoms with E-state index in [9.17, 15) is 18.8 Å². The number of nitrogens with zero attached hydrogens (tertiary/aromatic N) is 1. The number of nitrogens with one attached hydrogen (secondary N) is 3. The van der Waals surface area contributed by atoms with Gasteiger partial charge < -0.3 is 10.6 Å². The van der Waals surface area contributed by atoms with E-state index in [2.05, 4.69) is 16.1 Å². The molecule has 7 nitrogen and oxygen atoms in total.